The lowest BCUT2D eigenvalue weighted by Crippen LogP contribution is -2.36. The summed E-state index contributed by atoms with van der Waals surface area (Å²) < 4.78 is 0. The first kappa shape index (κ1) is 11.7. The molecule has 1 aromatic carbocycles. The number of hydrogen-bond acceptors (Lipinski definition) is 3. The minimum Gasteiger partial charge on any atom is -0.480 e. The van der Waals surface area contributed by atoms with Crippen LogP contribution in [-0.2, 0) is 11.2 Å². The predicted octanol–water partition coefficient (Wildman–Crippen LogP) is 0.242. The molecule has 0 saturated carbocycles. The molecule has 0 aromatic heterocycles. The molecule has 4 heteroatoms. The first-order valence-corrected chi connectivity index (χ1v) is 4.76. The van der Waals surface area contributed by atoms with Crippen LogP contribution in [0.4, 0.5) is 0 Å². The van der Waals surface area contributed by atoms with Crippen LogP contribution in [0.15, 0.2) is 24.3 Å². The van der Waals surface area contributed by atoms with Crippen molar-refractivity contribution in [1.82, 2.24) is 5.32 Å². The fourth-order valence-corrected chi connectivity index (χ4v) is 1.13. The van der Waals surface area contributed by atoms with Crippen molar-refractivity contribution in [3.05, 3.63) is 35.4 Å². The number of aliphatic hydroxyl groups is 1. The molecule has 15 heavy (non-hydrogen) atoms. The summed E-state index contributed by atoms with van der Waals surface area (Å²) in [5, 5.41) is 18.8. The molecule has 1 unspecified atom stereocenters. The van der Waals surface area contributed by atoms with Crippen LogP contribution >= 0.6 is 0 Å². The summed E-state index contributed by atoms with van der Waals surface area (Å²) in [4.78, 5) is 9.94. The van der Waals surface area contributed by atoms with Crippen molar-refractivity contribution in [2.75, 3.05) is 13.7 Å². The van der Waals surface area contributed by atoms with Crippen LogP contribution in [0.25, 0.3) is 0 Å². The second-order valence-corrected chi connectivity index (χ2v) is 3.31. The quantitative estimate of drug-likeness (QED) is 0.677. The van der Waals surface area contributed by atoms with Gasteiger partial charge in [-0.3, -0.25) is 4.79 Å². The van der Waals surface area contributed by atoms with E-state index in [0.29, 0.717) is 0 Å². The SMILES string of the molecule is CNC(CO)C(=O)O.c1ccc2c(c1)C2. The van der Waals surface area contributed by atoms with Gasteiger partial charge in [-0.2, -0.15) is 0 Å². The molecule has 1 aromatic rings. The minimum atomic E-state index is -1.03. The number of benzene rings is 1. The first-order chi connectivity index (χ1) is 7.19. The van der Waals surface area contributed by atoms with Crippen molar-refractivity contribution in [1.29, 1.82) is 0 Å². The van der Waals surface area contributed by atoms with E-state index in [-0.39, 0.29) is 6.61 Å². The number of carboxylic acid groups (broad SMARTS) is 1. The van der Waals surface area contributed by atoms with Crippen molar-refractivity contribution in [2.45, 2.75) is 12.5 Å². The maximum Gasteiger partial charge on any atom is 0.323 e. The van der Waals surface area contributed by atoms with E-state index in [9.17, 15) is 4.79 Å². The van der Waals surface area contributed by atoms with Crippen molar-refractivity contribution in [3.63, 3.8) is 0 Å². The van der Waals surface area contributed by atoms with E-state index < -0.39 is 12.0 Å². The monoisotopic (exact) mass is 209 g/mol. The van der Waals surface area contributed by atoms with Crippen LogP contribution in [0.1, 0.15) is 11.1 Å². The van der Waals surface area contributed by atoms with E-state index in [4.69, 9.17) is 10.2 Å². The van der Waals surface area contributed by atoms with E-state index in [2.05, 4.69) is 29.6 Å². The summed E-state index contributed by atoms with van der Waals surface area (Å²) in [5.41, 5.74) is 3.06. The van der Waals surface area contributed by atoms with Crippen molar-refractivity contribution in [2.24, 2.45) is 0 Å². The third kappa shape index (κ3) is 3.69. The average molecular weight is 209 g/mol. The number of aliphatic hydroxyl groups excluding tert-OH is 1. The van der Waals surface area contributed by atoms with Crippen LogP contribution in [0.3, 0.4) is 0 Å². The van der Waals surface area contributed by atoms with Crippen LogP contribution in [0.5, 0.6) is 0 Å². The summed E-state index contributed by atoms with van der Waals surface area (Å²) in [7, 11) is 1.48. The molecule has 0 amide bonds. The van der Waals surface area contributed by atoms with Gasteiger partial charge in [-0.1, -0.05) is 24.3 Å². The zero-order chi connectivity index (χ0) is 11.3. The number of carboxylic acids is 1. The molecular formula is C11H15NO3. The summed E-state index contributed by atoms with van der Waals surface area (Å²) in [5.74, 6) is -1.03. The topological polar surface area (TPSA) is 69.6 Å². The van der Waals surface area contributed by atoms with Crippen LogP contribution in [0.2, 0.25) is 0 Å². The fraction of sp³-hybridized carbons (Fsp3) is 0.364. The van der Waals surface area contributed by atoms with Gasteiger partial charge in [0.2, 0.25) is 0 Å². The Morgan fingerprint density at radius 3 is 2.20 bits per heavy atom. The van der Waals surface area contributed by atoms with Gasteiger partial charge in [-0.15, -0.1) is 0 Å². The van der Waals surface area contributed by atoms with Crippen molar-refractivity contribution >= 4 is 5.97 Å². The molecule has 82 valence electrons. The van der Waals surface area contributed by atoms with Crippen LogP contribution in [0, 0.1) is 0 Å². The number of hydrogen-bond donors (Lipinski definition) is 3. The molecule has 1 aliphatic rings. The molecule has 0 fully saturated rings. The molecular weight excluding hydrogens is 194 g/mol. The standard InChI is InChI=1S/C7H6.C4H9NO3/c1-2-4-7-5-6(7)3-1;1-5-3(2-6)4(7)8/h1-4H,5H2;3,5-6H,2H2,1H3,(H,7,8). The Balaban J connectivity index is 0.000000150. The van der Waals surface area contributed by atoms with Gasteiger partial charge < -0.3 is 15.5 Å². The van der Waals surface area contributed by atoms with E-state index >= 15 is 0 Å². The Bertz CT molecular complexity index is 313. The van der Waals surface area contributed by atoms with Crippen LogP contribution < -0.4 is 5.32 Å². The predicted molar refractivity (Wildman–Crippen MR) is 56.8 cm³/mol. The maximum absolute atomic E-state index is 9.94. The van der Waals surface area contributed by atoms with Gasteiger partial charge >= 0.3 is 5.97 Å². The van der Waals surface area contributed by atoms with Gasteiger partial charge in [-0.05, 0) is 24.6 Å². The second-order valence-electron chi connectivity index (χ2n) is 3.31. The molecule has 3 N–H and O–H groups in total. The third-order valence-corrected chi connectivity index (χ3v) is 2.20. The lowest BCUT2D eigenvalue weighted by molar-refractivity contribution is -0.140. The summed E-state index contributed by atoms with van der Waals surface area (Å²) in [6.07, 6.45) is 1.24. The Labute approximate surface area is 88.6 Å². The third-order valence-electron chi connectivity index (χ3n) is 2.20. The van der Waals surface area contributed by atoms with E-state index in [1.54, 1.807) is 0 Å². The number of likely N-dealkylation sites (N-methyl/N-ethyl adjacent to an activating group) is 1. The molecule has 1 atom stereocenters. The number of fused-ring (bicyclic) bond motifs is 1. The second kappa shape index (κ2) is 5.48. The molecule has 0 spiro atoms. The molecule has 4 nitrogen and oxygen atoms in total. The van der Waals surface area contributed by atoms with Crippen molar-refractivity contribution < 1.29 is 15.0 Å². The Morgan fingerprint density at radius 2 is 2.00 bits per heavy atom. The van der Waals surface area contributed by atoms with Gasteiger partial charge in [0.25, 0.3) is 0 Å². The largest absolute Gasteiger partial charge is 0.480 e. The fourth-order valence-electron chi connectivity index (χ4n) is 1.13. The van der Waals surface area contributed by atoms with Gasteiger partial charge in [-0.25, -0.2) is 0 Å². The summed E-state index contributed by atoms with van der Waals surface area (Å²) in [6.45, 7) is -0.369. The molecule has 0 radical (unpaired) electrons. The van der Waals surface area contributed by atoms with Gasteiger partial charge in [0, 0.05) is 0 Å². The molecule has 1 aliphatic carbocycles. The number of aliphatic carboxylic acids is 1. The van der Waals surface area contributed by atoms with E-state index in [1.165, 1.54) is 24.6 Å². The van der Waals surface area contributed by atoms with E-state index in [1.807, 2.05) is 0 Å². The Morgan fingerprint density at radius 1 is 1.47 bits per heavy atom. The first-order valence-electron chi connectivity index (χ1n) is 4.76. The lowest BCUT2D eigenvalue weighted by atomic mass is 10.3. The Hall–Kier alpha value is -1.39. The van der Waals surface area contributed by atoms with Crippen LogP contribution in [-0.4, -0.2) is 35.9 Å². The van der Waals surface area contributed by atoms with Gasteiger partial charge in [0.1, 0.15) is 6.04 Å². The van der Waals surface area contributed by atoms with E-state index in [0.717, 1.165) is 0 Å². The molecule has 0 aliphatic heterocycles. The number of nitrogens with one attached hydrogen (secondary N) is 1. The highest BCUT2D eigenvalue weighted by atomic mass is 16.4. The lowest BCUT2D eigenvalue weighted by Gasteiger charge is -2.04. The normalized spacial score (nSPS) is 13.2. The number of carbonyl (C=O) groups is 1. The highest BCUT2D eigenvalue weighted by molar-refractivity contribution is 5.73. The summed E-state index contributed by atoms with van der Waals surface area (Å²) in [6, 6.07) is 7.71. The van der Waals surface area contributed by atoms with Gasteiger partial charge in [0.05, 0.1) is 6.61 Å². The summed E-state index contributed by atoms with van der Waals surface area (Å²) >= 11 is 0. The molecule has 2 rings (SSSR count). The Kier molecular flexibility index (Phi) is 4.27. The van der Waals surface area contributed by atoms with Gasteiger partial charge in [0.15, 0.2) is 0 Å². The molecule has 0 heterocycles. The highest BCUT2D eigenvalue weighted by Gasteiger charge is 2.12. The van der Waals surface area contributed by atoms with Crippen molar-refractivity contribution in [3.8, 4) is 0 Å². The zero-order valence-electron chi connectivity index (χ0n) is 8.60. The molecule has 0 bridgehead atoms. The maximum atomic E-state index is 9.94. The average Bonchev–Trinajstić information content (AvgIpc) is 2.98. The minimum absolute atomic E-state index is 0.369. The highest BCUT2D eigenvalue weighted by Crippen LogP contribution is 2.25. The smallest absolute Gasteiger partial charge is 0.323 e. The zero-order valence-corrected chi connectivity index (χ0v) is 8.60. The number of rotatable bonds is 3. The molecule has 0 saturated heterocycles.